The molecule has 0 atom stereocenters. The van der Waals surface area contributed by atoms with Crippen molar-refractivity contribution >= 4 is 12.0 Å². The number of phenolic OH excluding ortho intramolecular Hbond substituents is 1. The van der Waals surface area contributed by atoms with Gasteiger partial charge in [-0.2, -0.15) is 0 Å². The summed E-state index contributed by atoms with van der Waals surface area (Å²) in [6.07, 6.45) is 4.79. The fourth-order valence-corrected chi connectivity index (χ4v) is 2.66. The molecule has 5 nitrogen and oxygen atoms in total. The molecule has 0 aliphatic carbocycles. The molecule has 120 valence electrons. The number of methoxy groups -OCH3 is 1. The first-order valence-electron chi connectivity index (χ1n) is 7.50. The van der Waals surface area contributed by atoms with Gasteiger partial charge in [-0.25, -0.2) is 0 Å². The number of hydrogen-bond acceptors (Lipinski definition) is 4. The number of aliphatic hydroxyl groups excluding tert-OH is 1. The zero-order valence-corrected chi connectivity index (χ0v) is 13.1. The minimum absolute atomic E-state index is 0.0655. The predicted molar refractivity (Wildman–Crippen MR) is 84.8 cm³/mol. The summed E-state index contributed by atoms with van der Waals surface area (Å²) in [5.41, 5.74) is 1.49. The monoisotopic (exact) mass is 305 g/mol. The van der Waals surface area contributed by atoms with Crippen LogP contribution in [0.15, 0.2) is 18.2 Å². The van der Waals surface area contributed by atoms with E-state index in [2.05, 4.69) is 0 Å². The summed E-state index contributed by atoms with van der Waals surface area (Å²) in [6, 6.07) is 3.34. The van der Waals surface area contributed by atoms with Gasteiger partial charge in [-0.1, -0.05) is 0 Å². The third kappa shape index (κ3) is 3.80. The number of rotatable bonds is 4. The number of phenols is 1. The van der Waals surface area contributed by atoms with Gasteiger partial charge in [-0.05, 0) is 43.4 Å². The zero-order chi connectivity index (χ0) is 16.1. The van der Waals surface area contributed by atoms with Crippen molar-refractivity contribution in [3.63, 3.8) is 0 Å². The van der Waals surface area contributed by atoms with Gasteiger partial charge in [0, 0.05) is 37.4 Å². The molecule has 22 heavy (non-hydrogen) atoms. The van der Waals surface area contributed by atoms with Gasteiger partial charge in [0.25, 0.3) is 0 Å². The van der Waals surface area contributed by atoms with E-state index in [1.807, 2.05) is 6.92 Å². The maximum absolute atomic E-state index is 12.2. The Morgan fingerprint density at radius 2 is 2.09 bits per heavy atom. The number of piperidine rings is 1. The van der Waals surface area contributed by atoms with Gasteiger partial charge in [0.2, 0.25) is 5.91 Å². The van der Waals surface area contributed by atoms with E-state index in [-0.39, 0.29) is 18.3 Å². The number of likely N-dealkylation sites (tertiary alicyclic amines) is 1. The normalized spacial score (nSPS) is 16.2. The van der Waals surface area contributed by atoms with Gasteiger partial charge in [0.1, 0.15) is 11.5 Å². The van der Waals surface area contributed by atoms with Crippen LogP contribution in [0.3, 0.4) is 0 Å². The summed E-state index contributed by atoms with van der Waals surface area (Å²) in [5.74, 6) is 0.947. The van der Waals surface area contributed by atoms with Gasteiger partial charge in [0.15, 0.2) is 0 Å². The van der Waals surface area contributed by atoms with Crippen LogP contribution in [0.25, 0.3) is 6.08 Å². The second-order valence-corrected chi connectivity index (χ2v) is 5.67. The van der Waals surface area contributed by atoms with Crippen molar-refractivity contribution in [3.8, 4) is 11.5 Å². The average Bonchev–Trinajstić information content (AvgIpc) is 2.55. The van der Waals surface area contributed by atoms with Crippen LogP contribution in [-0.4, -0.2) is 47.8 Å². The van der Waals surface area contributed by atoms with E-state index < -0.39 is 0 Å². The van der Waals surface area contributed by atoms with Gasteiger partial charge >= 0.3 is 0 Å². The van der Waals surface area contributed by atoms with E-state index in [4.69, 9.17) is 9.84 Å². The molecular weight excluding hydrogens is 282 g/mol. The molecule has 1 aromatic carbocycles. The maximum Gasteiger partial charge on any atom is 0.246 e. The summed E-state index contributed by atoms with van der Waals surface area (Å²) in [7, 11) is 1.55. The van der Waals surface area contributed by atoms with Crippen molar-refractivity contribution in [1.29, 1.82) is 0 Å². The van der Waals surface area contributed by atoms with Crippen LogP contribution >= 0.6 is 0 Å². The highest BCUT2D eigenvalue weighted by Crippen LogP contribution is 2.28. The molecule has 1 aromatic rings. The zero-order valence-electron chi connectivity index (χ0n) is 13.1. The number of aliphatic hydroxyl groups is 1. The molecule has 5 heteroatoms. The first-order chi connectivity index (χ1) is 10.5. The molecule has 1 heterocycles. The van der Waals surface area contributed by atoms with Gasteiger partial charge in [-0.3, -0.25) is 4.79 Å². The van der Waals surface area contributed by atoms with E-state index in [0.717, 1.165) is 18.4 Å². The first kappa shape index (κ1) is 16.4. The van der Waals surface area contributed by atoms with E-state index in [1.165, 1.54) is 6.08 Å². The maximum atomic E-state index is 12.2. The van der Waals surface area contributed by atoms with Crippen LogP contribution in [-0.2, 0) is 4.79 Å². The number of carbonyl (C=O) groups is 1. The van der Waals surface area contributed by atoms with E-state index in [0.29, 0.717) is 30.3 Å². The highest BCUT2D eigenvalue weighted by atomic mass is 16.5. The summed E-state index contributed by atoms with van der Waals surface area (Å²) in [6.45, 7) is 3.41. The van der Waals surface area contributed by atoms with E-state index in [1.54, 1.807) is 30.2 Å². The van der Waals surface area contributed by atoms with Crippen LogP contribution in [0, 0.1) is 12.8 Å². The molecule has 1 fully saturated rings. The van der Waals surface area contributed by atoms with Crippen molar-refractivity contribution in [2.45, 2.75) is 19.8 Å². The van der Waals surface area contributed by atoms with E-state index >= 15 is 0 Å². The van der Waals surface area contributed by atoms with Gasteiger partial charge in [-0.15, -0.1) is 0 Å². The third-order valence-corrected chi connectivity index (χ3v) is 4.13. The predicted octanol–water partition coefficient (Wildman–Crippen LogP) is 1.95. The summed E-state index contributed by atoms with van der Waals surface area (Å²) < 4.78 is 5.14. The van der Waals surface area contributed by atoms with Crippen molar-refractivity contribution < 1.29 is 19.7 Å². The molecule has 1 saturated heterocycles. The Morgan fingerprint density at radius 1 is 1.41 bits per heavy atom. The standard InChI is InChI=1S/C17H23NO4/c1-12-9-14(15(20)10-16(12)22-2)3-4-17(21)18-7-5-13(11-19)6-8-18/h3-4,9-10,13,19-20H,5-8,11H2,1-2H3/b4-3+. The second-order valence-electron chi connectivity index (χ2n) is 5.67. The Kier molecular flexibility index (Phi) is 5.44. The third-order valence-electron chi connectivity index (χ3n) is 4.13. The Morgan fingerprint density at radius 3 is 2.68 bits per heavy atom. The number of nitrogens with zero attached hydrogens (tertiary/aromatic N) is 1. The fourth-order valence-electron chi connectivity index (χ4n) is 2.66. The van der Waals surface area contributed by atoms with Crippen molar-refractivity contribution in [2.75, 3.05) is 26.8 Å². The largest absolute Gasteiger partial charge is 0.507 e. The molecule has 0 bridgehead atoms. The van der Waals surface area contributed by atoms with Crippen molar-refractivity contribution in [3.05, 3.63) is 29.3 Å². The highest BCUT2D eigenvalue weighted by molar-refractivity contribution is 5.92. The number of benzene rings is 1. The lowest BCUT2D eigenvalue weighted by Gasteiger charge is -2.30. The Hall–Kier alpha value is -2.01. The van der Waals surface area contributed by atoms with Crippen LogP contribution < -0.4 is 4.74 Å². The first-order valence-corrected chi connectivity index (χ1v) is 7.50. The number of aryl methyl sites for hydroxylation is 1. The molecule has 1 aliphatic heterocycles. The Bertz CT molecular complexity index is 560. The molecular formula is C17H23NO4. The highest BCUT2D eigenvalue weighted by Gasteiger charge is 2.20. The molecule has 0 spiro atoms. The lowest BCUT2D eigenvalue weighted by atomic mass is 9.98. The number of ether oxygens (including phenoxy) is 1. The minimum atomic E-state index is -0.0655. The number of amides is 1. The minimum Gasteiger partial charge on any atom is -0.507 e. The molecule has 0 unspecified atom stereocenters. The smallest absolute Gasteiger partial charge is 0.246 e. The molecule has 1 aliphatic rings. The topological polar surface area (TPSA) is 70.0 Å². The van der Waals surface area contributed by atoms with Crippen LogP contribution in [0.4, 0.5) is 0 Å². The fraction of sp³-hybridized carbons (Fsp3) is 0.471. The quantitative estimate of drug-likeness (QED) is 0.834. The van der Waals surface area contributed by atoms with Crippen LogP contribution in [0.2, 0.25) is 0 Å². The van der Waals surface area contributed by atoms with Gasteiger partial charge < -0.3 is 19.8 Å². The number of aromatic hydroxyl groups is 1. The lowest BCUT2D eigenvalue weighted by Crippen LogP contribution is -2.38. The second kappa shape index (κ2) is 7.31. The number of hydrogen-bond donors (Lipinski definition) is 2. The number of carbonyl (C=O) groups excluding carboxylic acids is 1. The van der Waals surface area contributed by atoms with Crippen molar-refractivity contribution in [2.24, 2.45) is 5.92 Å². The molecule has 2 N–H and O–H groups in total. The van der Waals surface area contributed by atoms with E-state index in [9.17, 15) is 9.90 Å². The molecule has 0 aromatic heterocycles. The Labute approximate surface area is 130 Å². The lowest BCUT2D eigenvalue weighted by molar-refractivity contribution is -0.127. The molecule has 0 radical (unpaired) electrons. The SMILES string of the molecule is COc1cc(O)c(/C=C/C(=O)N2CCC(CO)CC2)cc1C. The van der Waals surface area contributed by atoms with Crippen molar-refractivity contribution in [1.82, 2.24) is 4.90 Å². The summed E-state index contributed by atoms with van der Waals surface area (Å²) >= 11 is 0. The summed E-state index contributed by atoms with van der Waals surface area (Å²) in [4.78, 5) is 13.9. The van der Waals surface area contributed by atoms with Crippen LogP contribution in [0.1, 0.15) is 24.0 Å². The van der Waals surface area contributed by atoms with Crippen LogP contribution in [0.5, 0.6) is 11.5 Å². The molecule has 0 saturated carbocycles. The summed E-state index contributed by atoms with van der Waals surface area (Å²) in [5, 5.41) is 19.1. The molecule has 2 rings (SSSR count). The van der Waals surface area contributed by atoms with Gasteiger partial charge in [0.05, 0.1) is 7.11 Å². The molecule has 1 amide bonds. The Balaban J connectivity index is 2.03. The average molecular weight is 305 g/mol.